The van der Waals surface area contributed by atoms with Crippen LogP contribution in [0.1, 0.15) is 23.7 Å². The average Bonchev–Trinajstić information content (AvgIpc) is 2.61. The van der Waals surface area contributed by atoms with Crippen molar-refractivity contribution in [3.63, 3.8) is 0 Å². The molecule has 0 amide bonds. The molecule has 5 heteroatoms. The zero-order valence-electron chi connectivity index (χ0n) is 9.52. The predicted molar refractivity (Wildman–Crippen MR) is 69.4 cm³/mol. The van der Waals surface area contributed by atoms with E-state index in [2.05, 4.69) is 38.4 Å². The SMILES string of the molecule is Cc1nnn2c1-c1ccc(Br)cc1[C@H](N)CC2. The predicted octanol–water partition coefficient (Wildman–Crippen LogP) is 2.42. The molecule has 17 heavy (non-hydrogen) atoms. The summed E-state index contributed by atoms with van der Waals surface area (Å²) >= 11 is 3.50. The summed E-state index contributed by atoms with van der Waals surface area (Å²) in [6.45, 7) is 2.81. The van der Waals surface area contributed by atoms with E-state index < -0.39 is 0 Å². The normalized spacial score (nSPS) is 18.4. The van der Waals surface area contributed by atoms with E-state index in [9.17, 15) is 0 Å². The van der Waals surface area contributed by atoms with Gasteiger partial charge in [0.25, 0.3) is 0 Å². The van der Waals surface area contributed by atoms with Gasteiger partial charge in [-0.15, -0.1) is 5.10 Å². The molecule has 2 heterocycles. The van der Waals surface area contributed by atoms with Crippen LogP contribution in [-0.4, -0.2) is 15.0 Å². The van der Waals surface area contributed by atoms with Crippen LogP contribution >= 0.6 is 15.9 Å². The van der Waals surface area contributed by atoms with E-state index in [1.165, 1.54) is 5.56 Å². The summed E-state index contributed by atoms with van der Waals surface area (Å²) in [5.74, 6) is 0. The van der Waals surface area contributed by atoms with E-state index in [0.29, 0.717) is 0 Å². The Morgan fingerprint density at radius 2 is 2.29 bits per heavy atom. The van der Waals surface area contributed by atoms with Crippen molar-refractivity contribution >= 4 is 15.9 Å². The molecule has 0 spiro atoms. The number of hydrogen-bond acceptors (Lipinski definition) is 3. The smallest absolute Gasteiger partial charge is 0.0918 e. The topological polar surface area (TPSA) is 56.7 Å². The Balaban J connectivity index is 2.30. The first-order chi connectivity index (χ1) is 8.16. The minimum atomic E-state index is 0.0589. The summed E-state index contributed by atoms with van der Waals surface area (Å²) in [5.41, 5.74) is 10.6. The second-order valence-corrected chi connectivity index (χ2v) is 5.29. The van der Waals surface area contributed by atoms with E-state index >= 15 is 0 Å². The minimum Gasteiger partial charge on any atom is -0.324 e. The molecular formula is C12H13BrN4. The van der Waals surface area contributed by atoms with Crippen LogP contribution in [0.4, 0.5) is 0 Å². The Morgan fingerprint density at radius 1 is 1.47 bits per heavy atom. The van der Waals surface area contributed by atoms with Crippen molar-refractivity contribution in [2.24, 2.45) is 5.73 Å². The molecule has 1 aliphatic rings. The molecular weight excluding hydrogens is 280 g/mol. The fourth-order valence-corrected chi connectivity index (χ4v) is 2.74. The highest BCUT2D eigenvalue weighted by molar-refractivity contribution is 9.10. The second-order valence-electron chi connectivity index (χ2n) is 4.37. The number of hydrogen-bond donors (Lipinski definition) is 1. The molecule has 0 aliphatic carbocycles. The Bertz CT molecular complexity index is 576. The van der Waals surface area contributed by atoms with Gasteiger partial charge in [0.1, 0.15) is 0 Å². The lowest BCUT2D eigenvalue weighted by Crippen LogP contribution is -2.11. The van der Waals surface area contributed by atoms with Crippen molar-refractivity contribution in [1.82, 2.24) is 15.0 Å². The first kappa shape index (κ1) is 10.9. The lowest BCUT2D eigenvalue weighted by atomic mass is 9.97. The summed E-state index contributed by atoms with van der Waals surface area (Å²) in [6, 6.07) is 6.28. The molecule has 1 aromatic heterocycles. The van der Waals surface area contributed by atoms with Gasteiger partial charge in [-0.05, 0) is 31.0 Å². The molecule has 4 nitrogen and oxygen atoms in total. The Kier molecular flexibility index (Phi) is 2.52. The van der Waals surface area contributed by atoms with E-state index in [4.69, 9.17) is 5.73 Å². The van der Waals surface area contributed by atoms with Gasteiger partial charge in [0.2, 0.25) is 0 Å². The van der Waals surface area contributed by atoms with Crippen LogP contribution in [0.25, 0.3) is 11.3 Å². The van der Waals surface area contributed by atoms with Gasteiger partial charge >= 0.3 is 0 Å². The standard InChI is InChI=1S/C12H13BrN4/c1-7-12-9-3-2-8(13)6-10(9)11(14)4-5-17(12)16-15-7/h2-3,6,11H,4-5,14H2,1H3/t11-/m1/s1. The van der Waals surface area contributed by atoms with Crippen LogP contribution in [0.15, 0.2) is 22.7 Å². The van der Waals surface area contributed by atoms with E-state index in [1.54, 1.807) is 0 Å². The summed E-state index contributed by atoms with van der Waals surface area (Å²) in [7, 11) is 0. The number of nitrogens with zero attached hydrogens (tertiary/aromatic N) is 3. The molecule has 0 saturated heterocycles. The van der Waals surface area contributed by atoms with Gasteiger partial charge in [-0.1, -0.05) is 27.2 Å². The lowest BCUT2D eigenvalue weighted by Gasteiger charge is -2.12. The molecule has 0 radical (unpaired) electrons. The Morgan fingerprint density at radius 3 is 3.12 bits per heavy atom. The molecule has 1 atom stereocenters. The van der Waals surface area contributed by atoms with Crippen molar-refractivity contribution in [3.05, 3.63) is 33.9 Å². The first-order valence-corrected chi connectivity index (χ1v) is 6.41. The summed E-state index contributed by atoms with van der Waals surface area (Å²) in [5, 5.41) is 8.32. The van der Waals surface area contributed by atoms with E-state index in [0.717, 1.165) is 34.4 Å². The lowest BCUT2D eigenvalue weighted by molar-refractivity contribution is 0.524. The highest BCUT2D eigenvalue weighted by Gasteiger charge is 2.22. The summed E-state index contributed by atoms with van der Waals surface area (Å²) in [6.07, 6.45) is 0.888. The fraction of sp³-hybridized carbons (Fsp3) is 0.333. The number of fused-ring (bicyclic) bond motifs is 3. The van der Waals surface area contributed by atoms with Gasteiger partial charge in [-0.3, -0.25) is 0 Å². The number of aromatic nitrogens is 3. The van der Waals surface area contributed by atoms with Crippen molar-refractivity contribution in [3.8, 4) is 11.3 Å². The summed E-state index contributed by atoms with van der Waals surface area (Å²) < 4.78 is 3.01. The second kappa shape index (κ2) is 3.92. The molecule has 0 saturated carbocycles. The minimum absolute atomic E-state index is 0.0589. The van der Waals surface area contributed by atoms with Crippen LogP contribution in [0, 0.1) is 6.92 Å². The molecule has 0 unspecified atom stereocenters. The third-order valence-corrected chi connectivity index (χ3v) is 3.72. The maximum absolute atomic E-state index is 6.22. The quantitative estimate of drug-likeness (QED) is 0.811. The molecule has 88 valence electrons. The van der Waals surface area contributed by atoms with Gasteiger partial charge in [0.05, 0.1) is 11.4 Å². The van der Waals surface area contributed by atoms with Crippen molar-refractivity contribution in [2.45, 2.75) is 25.9 Å². The van der Waals surface area contributed by atoms with Gasteiger partial charge < -0.3 is 5.73 Å². The van der Waals surface area contributed by atoms with Crippen LogP contribution in [0.2, 0.25) is 0 Å². The van der Waals surface area contributed by atoms with Gasteiger partial charge in [0, 0.05) is 22.6 Å². The van der Waals surface area contributed by atoms with Crippen molar-refractivity contribution in [1.29, 1.82) is 0 Å². The molecule has 2 N–H and O–H groups in total. The highest BCUT2D eigenvalue weighted by atomic mass is 79.9. The fourth-order valence-electron chi connectivity index (χ4n) is 2.36. The third kappa shape index (κ3) is 1.70. The number of nitrogens with two attached hydrogens (primary N) is 1. The zero-order chi connectivity index (χ0) is 12.0. The first-order valence-electron chi connectivity index (χ1n) is 5.62. The number of rotatable bonds is 0. The molecule has 1 aromatic carbocycles. The van der Waals surface area contributed by atoms with Crippen molar-refractivity contribution < 1.29 is 0 Å². The van der Waals surface area contributed by atoms with Crippen LogP contribution in [-0.2, 0) is 6.54 Å². The monoisotopic (exact) mass is 292 g/mol. The average molecular weight is 293 g/mol. The van der Waals surface area contributed by atoms with Gasteiger partial charge in [-0.2, -0.15) is 0 Å². The van der Waals surface area contributed by atoms with Crippen molar-refractivity contribution in [2.75, 3.05) is 0 Å². The van der Waals surface area contributed by atoms with Crippen LogP contribution < -0.4 is 5.73 Å². The molecule has 2 aromatic rings. The van der Waals surface area contributed by atoms with Crippen LogP contribution in [0.5, 0.6) is 0 Å². The van der Waals surface area contributed by atoms with Crippen LogP contribution in [0.3, 0.4) is 0 Å². The molecule has 3 rings (SSSR count). The van der Waals surface area contributed by atoms with Gasteiger partial charge in [-0.25, -0.2) is 4.68 Å². The van der Waals surface area contributed by atoms with Gasteiger partial charge in [0.15, 0.2) is 0 Å². The Hall–Kier alpha value is -1.20. The maximum Gasteiger partial charge on any atom is 0.0918 e. The number of halogens is 1. The highest BCUT2D eigenvalue weighted by Crippen LogP contribution is 2.35. The summed E-state index contributed by atoms with van der Waals surface area (Å²) in [4.78, 5) is 0. The molecule has 1 aliphatic heterocycles. The van der Waals surface area contributed by atoms with E-state index in [1.807, 2.05) is 17.7 Å². The Labute approximate surface area is 108 Å². The number of aryl methyl sites for hydroxylation is 2. The largest absolute Gasteiger partial charge is 0.324 e. The zero-order valence-corrected chi connectivity index (χ0v) is 11.1. The number of benzene rings is 1. The third-order valence-electron chi connectivity index (χ3n) is 3.22. The van der Waals surface area contributed by atoms with E-state index in [-0.39, 0.29) is 6.04 Å². The molecule has 0 bridgehead atoms. The maximum atomic E-state index is 6.22. The molecule has 0 fully saturated rings.